The average Bonchev–Trinajstić information content (AvgIpc) is 2.54. The Morgan fingerprint density at radius 1 is 1.33 bits per heavy atom. The van der Waals surface area contributed by atoms with Gasteiger partial charge in [0.2, 0.25) is 5.91 Å². The van der Waals surface area contributed by atoms with E-state index in [1.54, 1.807) is 7.11 Å². The number of aryl methyl sites for hydroxylation is 1. The number of rotatable bonds is 4. The third-order valence-electron chi connectivity index (χ3n) is 4.28. The van der Waals surface area contributed by atoms with Crippen molar-refractivity contribution in [2.75, 3.05) is 20.2 Å². The number of likely N-dealkylation sites (tertiary alicyclic amines) is 1. The van der Waals surface area contributed by atoms with E-state index in [0.717, 1.165) is 30.6 Å². The zero-order valence-electron chi connectivity index (χ0n) is 12.8. The highest BCUT2D eigenvalue weighted by molar-refractivity contribution is 5.76. The number of hydrogen-bond donors (Lipinski definition) is 0. The van der Waals surface area contributed by atoms with Gasteiger partial charge in [-0.1, -0.05) is 12.1 Å². The van der Waals surface area contributed by atoms with Gasteiger partial charge in [-0.15, -0.1) is 0 Å². The van der Waals surface area contributed by atoms with Crippen molar-refractivity contribution >= 4 is 5.91 Å². The third-order valence-corrected chi connectivity index (χ3v) is 4.28. The predicted molar refractivity (Wildman–Crippen MR) is 80.8 cm³/mol. The molecule has 0 unspecified atom stereocenters. The van der Waals surface area contributed by atoms with Crippen molar-refractivity contribution in [3.05, 3.63) is 29.8 Å². The van der Waals surface area contributed by atoms with Crippen LogP contribution in [0.5, 0.6) is 5.75 Å². The van der Waals surface area contributed by atoms with Crippen molar-refractivity contribution in [2.45, 2.75) is 32.6 Å². The van der Waals surface area contributed by atoms with Gasteiger partial charge in [0.25, 0.3) is 0 Å². The summed E-state index contributed by atoms with van der Waals surface area (Å²) in [6.07, 6.45) is 2.82. The largest absolute Gasteiger partial charge is 0.497 e. The maximum absolute atomic E-state index is 12.2. The van der Waals surface area contributed by atoms with Crippen LogP contribution in [0.2, 0.25) is 0 Å². The summed E-state index contributed by atoms with van der Waals surface area (Å²) in [5, 5.41) is 9.11. The molecule has 1 aromatic rings. The van der Waals surface area contributed by atoms with Crippen LogP contribution in [0.4, 0.5) is 0 Å². The summed E-state index contributed by atoms with van der Waals surface area (Å²) in [6.45, 7) is 3.38. The molecule has 0 bridgehead atoms. The van der Waals surface area contributed by atoms with Crippen molar-refractivity contribution in [1.29, 1.82) is 5.26 Å². The first-order chi connectivity index (χ1) is 10.1. The summed E-state index contributed by atoms with van der Waals surface area (Å²) in [5.74, 6) is 1.02. The van der Waals surface area contributed by atoms with Gasteiger partial charge in [-0.2, -0.15) is 5.26 Å². The van der Waals surface area contributed by atoms with Gasteiger partial charge in [0.15, 0.2) is 0 Å². The van der Waals surface area contributed by atoms with Crippen molar-refractivity contribution in [2.24, 2.45) is 5.41 Å². The van der Waals surface area contributed by atoms with Gasteiger partial charge < -0.3 is 9.64 Å². The fraction of sp³-hybridized carbons (Fsp3) is 0.529. The van der Waals surface area contributed by atoms with E-state index >= 15 is 0 Å². The summed E-state index contributed by atoms with van der Waals surface area (Å²) < 4.78 is 5.12. The number of methoxy groups -OCH3 is 1. The van der Waals surface area contributed by atoms with E-state index in [1.165, 1.54) is 0 Å². The molecular weight excluding hydrogens is 264 g/mol. The quantitative estimate of drug-likeness (QED) is 0.855. The van der Waals surface area contributed by atoms with E-state index in [2.05, 4.69) is 6.07 Å². The molecule has 0 N–H and O–H groups in total. The Hall–Kier alpha value is -2.02. The van der Waals surface area contributed by atoms with Gasteiger partial charge in [0.1, 0.15) is 5.75 Å². The van der Waals surface area contributed by atoms with E-state index in [4.69, 9.17) is 10.00 Å². The van der Waals surface area contributed by atoms with Crippen molar-refractivity contribution in [3.8, 4) is 11.8 Å². The summed E-state index contributed by atoms with van der Waals surface area (Å²) >= 11 is 0. The normalized spacial score (nSPS) is 17.1. The second-order valence-corrected chi connectivity index (χ2v) is 5.90. The zero-order valence-corrected chi connectivity index (χ0v) is 12.8. The Bertz CT molecular complexity index is 523. The minimum atomic E-state index is -0.257. The first kappa shape index (κ1) is 15.4. The molecule has 112 valence electrons. The van der Waals surface area contributed by atoms with Gasteiger partial charge in [-0.25, -0.2) is 0 Å². The van der Waals surface area contributed by atoms with E-state index in [1.807, 2.05) is 36.1 Å². The molecular formula is C17H22N2O2. The van der Waals surface area contributed by atoms with Crippen molar-refractivity contribution in [1.82, 2.24) is 4.90 Å². The van der Waals surface area contributed by atoms with Crippen molar-refractivity contribution < 1.29 is 9.53 Å². The maximum Gasteiger partial charge on any atom is 0.222 e. The van der Waals surface area contributed by atoms with Crippen LogP contribution in [0.15, 0.2) is 24.3 Å². The molecule has 1 fully saturated rings. The van der Waals surface area contributed by atoms with Gasteiger partial charge in [0.05, 0.1) is 18.6 Å². The highest BCUT2D eigenvalue weighted by Crippen LogP contribution is 2.30. The molecule has 1 saturated heterocycles. The topological polar surface area (TPSA) is 53.3 Å². The molecule has 0 atom stereocenters. The molecule has 1 aliphatic rings. The lowest BCUT2D eigenvalue weighted by Crippen LogP contribution is -2.41. The highest BCUT2D eigenvalue weighted by atomic mass is 16.5. The van der Waals surface area contributed by atoms with Crippen LogP contribution in [-0.2, 0) is 11.2 Å². The number of amides is 1. The number of carbonyl (C=O) groups is 1. The van der Waals surface area contributed by atoms with Gasteiger partial charge in [-0.05, 0) is 43.9 Å². The van der Waals surface area contributed by atoms with Gasteiger partial charge in [-0.3, -0.25) is 4.79 Å². The van der Waals surface area contributed by atoms with E-state index in [0.29, 0.717) is 19.5 Å². The smallest absolute Gasteiger partial charge is 0.222 e. The molecule has 1 amide bonds. The summed E-state index contributed by atoms with van der Waals surface area (Å²) in [5.41, 5.74) is 0.885. The van der Waals surface area contributed by atoms with Crippen LogP contribution in [-0.4, -0.2) is 31.0 Å². The van der Waals surface area contributed by atoms with Gasteiger partial charge >= 0.3 is 0 Å². The number of nitriles is 1. The molecule has 4 nitrogen and oxygen atoms in total. The second-order valence-electron chi connectivity index (χ2n) is 5.90. The third kappa shape index (κ3) is 3.98. The summed E-state index contributed by atoms with van der Waals surface area (Å²) in [7, 11) is 1.64. The van der Waals surface area contributed by atoms with Crippen LogP contribution in [0.1, 0.15) is 31.7 Å². The Morgan fingerprint density at radius 3 is 2.48 bits per heavy atom. The molecule has 1 aliphatic heterocycles. The molecule has 21 heavy (non-hydrogen) atoms. The molecule has 0 spiro atoms. The molecule has 1 heterocycles. The molecule has 0 saturated carbocycles. The van der Waals surface area contributed by atoms with E-state index < -0.39 is 0 Å². The lowest BCUT2D eigenvalue weighted by Gasteiger charge is -2.35. The van der Waals surface area contributed by atoms with Crippen LogP contribution in [0, 0.1) is 16.7 Å². The molecule has 0 aromatic heterocycles. The van der Waals surface area contributed by atoms with Crippen LogP contribution in [0.3, 0.4) is 0 Å². The predicted octanol–water partition coefficient (Wildman–Crippen LogP) is 2.78. The Morgan fingerprint density at radius 2 is 1.95 bits per heavy atom. The minimum absolute atomic E-state index is 0.186. The van der Waals surface area contributed by atoms with Gasteiger partial charge in [0, 0.05) is 19.5 Å². The minimum Gasteiger partial charge on any atom is -0.497 e. The molecule has 2 rings (SSSR count). The van der Waals surface area contributed by atoms with Crippen LogP contribution >= 0.6 is 0 Å². The maximum atomic E-state index is 12.2. The second kappa shape index (κ2) is 6.62. The lowest BCUT2D eigenvalue weighted by molar-refractivity contribution is -0.132. The SMILES string of the molecule is COc1ccc(CCC(=O)N2CCC(C)(C#N)CC2)cc1. The first-order valence-electron chi connectivity index (χ1n) is 7.38. The molecule has 1 aromatic carbocycles. The number of piperidine rings is 1. The number of benzene rings is 1. The fourth-order valence-corrected chi connectivity index (χ4v) is 2.56. The molecule has 0 aliphatic carbocycles. The Balaban J connectivity index is 1.81. The standard InChI is InChI=1S/C17H22N2O2/c1-17(13-18)9-11-19(12-10-17)16(20)8-5-14-3-6-15(21-2)7-4-14/h3-4,6-7H,5,8-12H2,1-2H3. The highest BCUT2D eigenvalue weighted by Gasteiger charge is 2.31. The Kier molecular flexibility index (Phi) is 4.85. The van der Waals surface area contributed by atoms with Crippen molar-refractivity contribution in [3.63, 3.8) is 0 Å². The summed E-state index contributed by atoms with van der Waals surface area (Å²) in [4.78, 5) is 14.1. The average molecular weight is 286 g/mol. The van der Waals surface area contributed by atoms with Crippen LogP contribution in [0.25, 0.3) is 0 Å². The number of carbonyl (C=O) groups excluding carboxylic acids is 1. The zero-order chi connectivity index (χ0) is 15.3. The van der Waals surface area contributed by atoms with E-state index in [9.17, 15) is 4.79 Å². The van der Waals surface area contributed by atoms with Crippen LogP contribution < -0.4 is 4.74 Å². The summed E-state index contributed by atoms with van der Waals surface area (Å²) in [6, 6.07) is 10.2. The first-order valence-corrected chi connectivity index (χ1v) is 7.38. The van der Waals surface area contributed by atoms with E-state index in [-0.39, 0.29) is 11.3 Å². The lowest BCUT2D eigenvalue weighted by atomic mass is 9.82. The molecule has 0 radical (unpaired) electrons. The number of hydrogen-bond acceptors (Lipinski definition) is 3. The molecule has 4 heteroatoms. The Labute approximate surface area is 126 Å². The monoisotopic (exact) mass is 286 g/mol. The number of ether oxygens (including phenoxy) is 1. The fourth-order valence-electron chi connectivity index (χ4n) is 2.56. The number of nitrogens with zero attached hydrogens (tertiary/aromatic N) is 2.